The number of rotatable bonds is 4. The Morgan fingerprint density at radius 1 is 1.50 bits per heavy atom. The number of Topliss-reactive ketones (excluding diaryl/α,β-unsaturated/α-hetero) is 1. The molecular formula is C11H12Cl2N2O3. The predicted molar refractivity (Wildman–Crippen MR) is 65.6 cm³/mol. The van der Waals surface area contributed by atoms with Gasteiger partial charge in [-0.1, -0.05) is 0 Å². The Balaban J connectivity index is 2.59. The van der Waals surface area contributed by atoms with Crippen LogP contribution in [0.5, 0.6) is 0 Å². The highest BCUT2D eigenvalue weighted by atomic mass is 35.5. The maximum atomic E-state index is 11.7. The van der Waals surface area contributed by atoms with E-state index in [2.05, 4.69) is 0 Å². The van der Waals surface area contributed by atoms with Crippen LogP contribution in [0.3, 0.4) is 0 Å². The summed E-state index contributed by atoms with van der Waals surface area (Å²) in [5.41, 5.74) is 4.22. The number of nitrogens with two attached hydrogens (primary N) is 1. The molecule has 0 aromatic carbocycles. The first kappa shape index (κ1) is 14.8. The molecule has 5 nitrogen and oxygen atoms in total. The van der Waals surface area contributed by atoms with Crippen molar-refractivity contribution in [1.29, 1.82) is 5.26 Å². The average molecular weight is 291 g/mol. The van der Waals surface area contributed by atoms with Gasteiger partial charge in [-0.25, -0.2) is 0 Å². The Labute approximate surface area is 114 Å². The number of carbonyl (C=O) groups excluding carboxylic acids is 2. The molecule has 1 aliphatic rings. The summed E-state index contributed by atoms with van der Waals surface area (Å²) in [6.45, 7) is 2.42. The fraction of sp³-hybridized carbons (Fsp3) is 0.545. The van der Waals surface area contributed by atoms with Crippen LogP contribution < -0.4 is 5.73 Å². The summed E-state index contributed by atoms with van der Waals surface area (Å²) in [5, 5.41) is 8.70. The van der Waals surface area contributed by atoms with E-state index in [1.54, 1.807) is 13.0 Å². The largest absolute Gasteiger partial charge is 0.457 e. The minimum atomic E-state index is -1.15. The molecule has 18 heavy (non-hydrogen) atoms. The number of carbonyl (C=O) groups is 2. The van der Waals surface area contributed by atoms with E-state index in [1.807, 2.05) is 0 Å². The van der Waals surface area contributed by atoms with Gasteiger partial charge in [0.25, 0.3) is 0 Å². The lowest BCUT2D eigenvalue weighted by atomic mass is 10.1. The van der Waals surface area contributed by atoms with Crippen molar-refractivity contribution < 1.29 is 14.3 Å². The molecule has 0 amide bonds. The van der Waals surface area contributed by atoms with Crippen molar-refractivity contribution in [2.75, 3.05) is 6.61 Å². The van der Waals surface area contributed by atoms with Crippen LogP contribution in [0, 0.1) is 16.7 Å². The first-order chi connectivity index (χ1) is 8.15. The van der Waals surface area contributed by atoms with E-state index < -0.39 is 28.1 Å². The normalized spacial score (nSPS) is 25.7. The minimum Gasteiger partial charge on any atom is -0.457 e. The number of nitriles is 1. The van der Waals surface area contributed by atoms with Gasteiger partial charge < -0.3 is 10.5 Å². The maximum Gasteiger partial charge on any atom is 0.315 e. The van der Waals surface area contributed by atoms with Crippen LogP contribution in [0.1, 0.15) is 20.3 Å². The van der Waals surface area contributed by atoms with Gasteiger partial charge in [-0.2, -0.15) is 5.26 Å². The van der Waals surface area contributed by atoms with Crippen LogP contribution in [0.25, 0.3) is 0 Å². The van der Waals surface area contributed by atoms with Crippen LogP contribution in [0.15, 0.2) is 11.3 Å². The molecule has 0 spiro atoms. The number of alkyl halides is 2. The van der Waals surface area contributed by atoms with Gasteiger partial charge >= 0.3 is 5.97 Å². The fourth-order valence-electron chi connectivity index (χ4n) is 1.35. The highest BCUT2D eigenvalue weighted by Gasteiger charge is 2.69. The molecule has 1 aliphatic carbocycles. The molecule has 0 aromatic heterocycles. The third-order valence-electron chi connectivity index (χ3n) is 2.83. The van der Waals surface area contributed by atoms with Gasteiger partial charge in [-0.05, 0) is 13.8 Å². The monoisotopic (exact) mass is 290 g/mol. The van der Waals surface area contributed by atoms with Gasteiger partial charge in [0.2, 0.25) is 5.78 Å². The van der Waals surface area contributed by atoms with Gasteiger partial charge in [0.15, 0.2) is 6.61 Å². The molecule has 0 aromatic rings. The van der Waals surface area contributed by atoms with Crippen molar-refractivity contribution in [2.24, 2.45) is 11.1 Å². The number of ketones is 1. The molecule has 0 radical (unpaired) electrons. The SMILES string of the molecule is C/C(N)=C(/C#N)C(=O)COC(=O)[C@@]1(C)CC1(Cl)Cl. The fourth-order valence-corrected chi connectivity index (χ4v) is 2.04. The number of nitrogens with zero attached hydrogens (tertiary/aromatic N) is 1. The Kier molecular flexibility index (Phi) is 3.94. The first-order valence-electron chi connectivity index (χ1n) is 5.10. The zero-order valence-corrected chi connectivity index (χ0v) is 11.4. The van der Waals surface area contributed by atoms with Gasteiger partial charge in [0.1, 0.15) is 21.4 Å². The van der Waals surface area contributed by atoms with E-state index in [-0.39, 0.29) is 17.7 Å². The van der Waals surface area contributed by atoms with Crippen molar-refractivity contribution in [3.63, 3.8) is 0 Å². The smallest absolute Gasteiger partial charge is 0.315 e. The van der Waals surface area contributed by atoms with Crippen molar-refractivity contribution in [3.05, 3.63) is 11.3 Å². The number of ether oxygens (including phenoxy) is 1. The summed E-state index contributed by atoms with van der Waals surface area (Å²) >= 11 is 11.6. The lowest BCUT2D eigenvalue weighted by molar-refractivity contribution is -0.152. The first-order valence-corrected chi connectivity index (χ1v) is 5.86. The molecule has 0 aliphatic heterocycles. The summed E-state index contributed by atoms with van der Waals surface area (Å²) in [5.74, 6) is -1.31. The minimum absolute atomic E-state index is 0.0835. The number of hydrogen-bond acceptors (Lipinski definition) is 5. The van der Waals surface area contributed by atoms with E-state index in [4.69, 9.17) is 38.9 Å². The summed E-state index contributed by atoms with van der Waals surface area (Å²) in [6.07, 6.45) is 0.271. The van der Waals surface area contributed by atoms with Crippen LogP contribution in [-0.4, -0.2) is 22.7 Å². The van der Waals surface area contributed by atoms with E-state index in [0.717, 1.165) is 0 Å². The predicted octanol–water partition coefficient (Wildman–Crippen LogP) is 1.44. The Hall–Kier alpha value is -1.25. The van der Waals surface area contributed by atoms with Crippen LogP contribution in [0.2, 0.25) is 0 Å². The topological polar surface area (TPSA) is 93.2 Å². The van der Waals surface area contributed by atoms with E-state index in [1.165, 1.54) is 6.92 Å². The van der Waals surface area contributed by atoms with Crippen molar-refractivity contribution in [1.82, 2.24) is 0 Å². The second-order valence-electron chi connectivity index (χ2n) is 4.38. The third-order valence-corrected chi connectivity index (χ3v) is 3.93. The molecule has 1 fully saturated rings. The molecule has 0 saturated heterocycles. The second kappa shape index (κ2) is 4.79. The number of halogens is 2. The van der Waals surface area contributed by atoms with Crippen LogP contribution in [0.4, 0.5) is 0 Å². The zero-order valence-electron chi connectivity index (χ0n) is 9.92. The number of hydrogen-bond donors (Lipinski definition) is 1. The molecule has 1 atom stereocenters. The lowest BCUT2D eigenvalue weighted by Gasteiger charge is -2.11. The average Bonchev–Trinajstić information content (AvgIpc) is 2.76. The molecule has 0 heterocycles. The van der Waals surface area contributed by atoms with Gasteiger partial charge in [0, 0.05) is 12.1 Å². The summed E-state index contributed by atoms with van der Waals surface area (Å²) < 4.78 is 3.65. The van der Waals surface area contributed by atoms with E-state index in [9.17, 15) is 9.59 Å². The van der Waals surface area contributed by atoms with Crippen molar-refractivity contribution in [2.45, 2.75) is 24.6 Å². The van der Waals surface area contributed by atoms with Crippen LogP contribution in [-0.2, 0) is 14.3 Å². The van der Waals surface area contributed by atoms with Crippen molar-refractivity contribution >= 4 is 35.0 Å². The van der Waals surface area contributed by atoms with E-state index >= 15 is 0 Å². The van der Waals surface area contributed by atoms with Gasteiger partial charge in [0.05, 0.1) is 0 Å². The quantitative estimate of drug-likeness (QED) is 0.366. The third kappa shape index (κ3) is 2.60. The Morgan fingerprint density at radius 3 is 2.33 bits per heavy atom. The highest BCUT2D eigenvalue weighted by molar-refractivity contribution is 6.53. The molecule has 0 bridgehead atoms. The van der Waals surface area contributed by atoms with Gasteiger partial charge in [-0.3, -0.25) is 9.59 Å². The number of allylic oxidation sites excluding steroid dienone is 1. The summed E-state index contributed by atoms with van der Waals surface area (Å²) in [4.78, 5) is 23.2. The zero-order chi connectivity index (χ0) is 14.1. The molecule has 7 heteroatoms. The van der Waals surface area contributed by atoms with Gasteiger partial charge in [-0.15, -0.1) is 23.2 Å². The number of esters is 1. The Morgan fingerprint density at radius 2 is 2.00 bits per heavy atom. The molecule has 1 saturated carbocycles. The van der Waals surface area contributed by atoms with E-state index in [0.29, 0.717) is 0 Å². The molecular weight excluding hydrogens is 279 g/mol. The highest BCUT2D eigenvalue weighted by Crippen LogP contribution is 2.64. The summed E-state index contributed by atoms with van der Waals surface area (Å²) in [6, 6.07) is 1.66. The van der Waals surface area contributed by atoms with Crippen molar-refractivity contribution in [3.8, 4) is 6.07 Å². The second-order valence-corrected chi connectivity index (χ2v) is 5.87. The molecule has 1 rings (SSSR count). The molecule has 98 valence electrons. The summed E-state index contributed by atoms with van der Waals surface area (Å²) in [7, 11) is 0. The Bertz CT molecular complexity index is 475. The molecule has 2 N–H and O–H groups in total. The molecule has 0 unspecified atom stereocenters. The van der Waals surface area contributed by atoms with Crippen LogP contribution >= 0.6 is 23.2 Å². The standard InChI is InChI=1S/C11H12Cl2N2O3/c1-6(15)7(3-14)8(16)4-18-9(17)10(2)5-11(10,12)13/h4-5,15H2,1-2H3/b7-6+/t10-/m1/s1. The lowest BCUT2D eigenvalue weighted by Crippen LogP contribution is -2.25. The maximum absolute atomic E-state index is 11.7.